The highest BCUT2D eigenvalue weighted by atomic mass is 16.5. The first-order valence-electron chi connectivity index (χ1n) is 9.25. The number of aromatic nitrogens is 4. The summed E-state index contributed by atoms with van der Waals surface area (Å²) in [5, 5.41) is 25.4. The Morgan fingerprint density at radius 2 is 1.87 bits per heavy atom. The van der Waals surface area contributed by atoms with E-state index in [1.54, 1.807) is 37.8 Å². The highest BCUT2D eigenvalue weighted by molar-refractivity contribution is 6.04. The van der Waals surface area contributed by atoms with Crippen molar-refractivity contribution >= 4 is 17.7 Å². The topological polar surface area (TPSA) is 149 Å². The Labute approximate surface area is 177 Å². The molecule has 0 bridgehead atoms. The van der Waals surface area contributed by atoms with Crippen molar-refractivity contribution in [3.63, 3.8) is 0 Å². The Hall–Kier alpha value is -3.99. The largest absolute Gasteiger partial charge is 0.488 e. The molecule has 2 aromatic heterocycles. The molecule has 31 heavy (non-hydrogen) atoms. The third-order valence-electron chi connectivity index (χ3n) is 4.17. The minimum absolute atomic E-state index is 0.0295. The molecule has 162 valence electrons. The van der Waals surface area contributed by atoms with Crippen molar-refractivity contribution in [1.29, 1.82) is 0 Å². The zero-order valence-electron chi connectivity index (χ0n) is 17.0. The fraction of sp³-hybridized carbons (Fsp3) is 0.250. The van der Waals surface area contributed by atoms with E-state index in [2.05, 4.69) is 20.4 Å². The van der Waals surface area contributed by atoms with Crippen LogP contribution in [0.1, 0.15) is 34.7 Å². The minimum Gasteiger partial charge on any atom is -0.488 e. The highest BCUT2D eigenvalue weighted by Crippen LogP contribution is 2.28. The maximum atomic E-state index is 12.7. The van der Waals surface area contributed by atoms with Crippen LogP contribution in [-0.2, 0) is 7.05 Å². The molecule has 1 aromatic carbocycles. The van der Waals surface area contributed by atoms with Crippen LogP contribution in [-0.4, -0.2) is 54.0 Å². The highest BCUT2D eigenvalue weighted by Gasteiger charge is 2.16. The summed E-state index contributed by atoms with van der Waals surface area (Å²) in [6.07, 6.45) is 2.61. The molecule has 3 rings (SSSR count). The number of nitrogens with zero attached hydrogens (tertiary/aromatic N) is 4. The van der Waals surface area contributed by atoms with Crippen molar-refractivity contribution in [2.24, 2.45) is 7.05 Å². The molecule has 0 unspecified atom stereocenters. The van der Waals surface area contributed by atoms with Crippen LogP contribution in [0.5, 0.6) is 17.4 Å². The SMILES string of the molecule is C[C@@H](O)[C@@H](C)Oc1cc(Oc2cnc(C(=O)O)cn2)cc(C(=O)Nc2ccn(C)n2)c1. The molecule has 0 aliphatic rings. The predicted molar refractivity (Wildman–Crippen MR) is 108 cm³/mol. The van der Waals surface area contributed by atoms with E-state index in [0.29, 0.717) is 5.82 Å². The summed E-state index contributed by atoms with van der Waals surface area (Å²) in [6, 6.07) is 6.13. The molecule has 0 saturated carbocycles. The fourth-order valence-corrected chi connectivity index (χ4v) is 2.41. The Bertz CT molecular complexity index is 1080. The zero-order valence-corrected chi connectivity index (χ0v) is 17.0. The number of aliphatic hydroxyl groups is 1. The second-order valence-electron chi connectivity index (χ2n) is 6.73. The summed E-state index contributed by atoms with van der Waals surface area (Å²) in [5.41, 5.74) is -0.0170. The number of amides is 1. The van der Waals surface area contributed by atoms with Gasteiger partial charge in [0.2, 0.25) is 5.88 Å². The van der Waals surface area contributed by atoms with Gasteiger partial charge in [-0.05, 0) is 26.0 Å². The van der Waals surface area contributed by atoms with Crippen molar-refractivity contribution in [3.05, 3.63) is 54.1 Å². The van der Waals surface area contributed by atoms with E-state index in [0.717, 1.165) is 12.4 Å². The molecule has 3 N–H and O–H groups in total. The number of rotatable bonds is 8. The van der Waals surface area contributed by atoms with Crippen LogP contribution in [0.25, 0.3) is 0 Å². The molecule has 11 nitrogen and oxygen atoms in total. The summed E-state index contributed by atoms with van der Waals surface area (Å²) < 4.78 is 12.9. The number of nitrogens with one attached hydrogen (secondary N) is 1. The number of carbonyl (C=O) groups excluding carboxylic acids is 1. The number of aryl methyl sites for hydroxylation is 1. The summed E-state index contributed by atoms with van der Waals surface area (Å²) >= 11 is 0. The molecular formula is C20H21N5O6. The number of carboxylic acids is 1. The number of ether oxygens (including phenoxy) is 2. The van der Waals surface area contributed by atoms with Crippen LogP contribution in [0, 0.1) is 0 Å². The molecule has 0 fully saturated rings. The average Bonchev–Trinajstić information content (AvgIpc) is 3.12. The van der Waals surface area contributed by atoms with Crippen LogP contribution in [0.2, 0.25) is 0 Å². The maximum absolute atomic E-state index is 12.7. The second kappa shape index (κ2) is 9.22. The number of carbonyl (C=O) groups is 2. The molecule has 2 heterocycles. The van der Waals surface area contributed by atoms with Crippen LogP contribution < -0.4 is 14.8 Å². The summed E-state index contributed by atoms with van der Waals surface area (Å²) in [5.74, 6) is -0.775. The van der Waals surface area contributed by atoms with Gasteiger partial charge in [-0.3, -0.25) is 9.48 Å². The van der Waals surface area contributed by atoms with Crippen molar-refractivity contribution in [2.45, 2.75) is 26.1 Å². The lowest BCUT2D eigenvalue weighted by atomic mass is 10.1. The first-order chi connectivity index (χ1) is 14.7. The Morgan fingerprint density at radius 1 is 1.13 bits per heavy atom. The lowest BCUT2D eigenvalue weighted by molar-refractivity contribution is 0.0602. The normalized spacial score (nSPS) is 12.6. The monoisotopic (exact) mass is 427 g/mol. The predicted octanol–water partition coefficient (Wildman–Crippen LogP) is 2.10. The van der Waals surface area contributed by atoms with E-state index >= 15 is 0 Å². The number of aliphatic hydroxyl groups excluding tert-OH is 1. The number of benzene rings is 1. The summed E-state index contributed by atoms with van der Waals surface area (Å²) in [4.78, 5) is 31.3. The Balaban J connectivity index is 1.88. The van der Waals surface area contributed by atoms with Gasteiger partial charge in [-0.2, -0.15) is 5.10 Å². The molecular weight excluding hydrogens is 406 g/mol. The molecule has 0 radical (unpaired) electrons. The number of hydrogen-bond donors (Lipinski definition) is 3. The summed E-state index contributed by atoms with van der Waals surface area (Å²) in [7, 11) is 1.73. The van der Waals surface area contributed by atoms with E-state index in [9.17, 15) is 14.7 Å². The van der Waals surface area contributed by atoms with Crippen LogP contribution in [0.3, 0.4) is 0 Å². The van der Waals surface area contributed by atoms with E-state index in [-0.39, 0.29) is 28.6 Å². The van der Waals surface area contributed by atoms with Gasteiger partial charge in [0, 0.05) is 30.9 Å². The molecule has 0 aliphatic heterocycles. The van der Waals surface area contributed by atoms with Crippen LogP contribution >= 0.6 is 0 Å². The van der Waals surface area contributed by atoms with E-state index in [4.69, 9.17) is 14.6 Å². The molecule has 0 aliphatic carbocycles. The first kappa shape index (κ1) is 21.7. The second-order valence-corrected chi connectivity index (χ2v) is 6.73. The van der Waals surface area contributed by atoms with Crippen LogP contribution in [0.4, 0.5) is 5.82 Å². The molecule has 2 atom stereocenters. The third-order valence-corrected chi connectivity index (χ3v) is 4.17. The minimum atomic E-state index is -1.21. The average molecular weight is 427 g/mol. The quantitative estimate of drug-likeness (QED) is 0.491. The van der Waals surface area contributed by atoms with E-state index in [1.165, 1.54) is 18.2 Å². The molecule has 1 amide bonds. The van der Waals surface area contributed by atoms with Gasteiger partial charge in [-0.1, -0.05) is 0 Å². The molecule has 3 aromatic rings. The molecule has 0 spiro atoms. The van der Waals surface area contributed by atoms with Gasteiger partial charge in [-0.25, -0.2) is 14.8 Å². The smallest absolute Gasteiger partial charge is 0.356 e. The van der Waals surface area contributed by atoms with Crippen molar-refractivity contribution in [1.82, 2.24) is 19.7 Å². The molecule has 11 heteroatoms. The summed E-state index contributed by atoms with van der Waals surface area (Å²) in [6.45, 7) is 3.27. The fourth-order valence-electron chi connectivity index (χ4n) is 2.41. The lowest BCUT2D eigenvalue weighted by Crippen LogP contribution is -2.25. The van der Waals surface area contributed by atoms with Gasteiger partial charge in [-0.15, -0.1) is 0 Å². The van der Waals surface area contributed by atoms with Crippen LogP contribution in [0.15, 0.2) is 42.9 Å². The molecule has 0 saturated heterocycles. The Kier molecular flexibility index (Phi) is 6.46. The number of carboxylic acid groups (broad SMARTS) is 1. The van der Waals surface area contributed by atoms with Gasteiger partial charge in [0.1, 0.15) is 17.6 Å². The van der Waals surface area contributed by atoms with Crippen molar-refractivity contribution in [2.75, 3.05) is 5.32 Å². The van der Waals surface area contributed by atoms with Gasteiger partial charge in [0.15, 0.2) is 11.5 Å². The van der Waals surface area contributed by atoms with E-state index in [1.807, 2.05) is 0 Å². The number of anilines is 1. The standard InChI is InChI=1S/C20H21N5O6/c1-11(26)12(2)30-14-6-13(19(27)23-17-4-5-25(3)24-17)7-15(8-14)31-18-10-21-16(9-22-18)20(28)29/h4-12,26H,1-3H3,(H,28,29)(H,23,24,27)/t11-,12-/m1/s1. The Morgan fingerprint density at radius 3 is 2.45 bits per heavy atom. The first-order valence-corrected chi connectivity index (χ1v) is 9.25. The van der Waals surface area contributed by atoms with Crippen molar-refractivity contribution in [3.8, 4) is 17.4 Å². The van der Waals surface area contributed by atoms with Gasteiger partial charge < -0.3 is 25.0 Å². The number of hydrogen-bond acceptors (Lipinski definition) is 8. The third kappa shape index (κ3) is 5.76. The van der Waals surface area contributed by atoms with Gasteiger partial charge >= 0.3 is 5.97 Å². The van der Waals surface area contributed by atoms with Gasteiger partial charge in [0.05, 0.1) is 18.5 Å². The zero-order chi connectivity index (χ0) is 22.5. The number of aromatic carboxylic acids is 1. The van der Waals surface area contributed by atoms with Gasteiger partial charge in [0.25, 0.3) is 5.91 Å². The van der Waals surface area contributed by atoms with Crippen molar-refractivity contribution < 1.29 is 29.3 Å². The van der Waals surface area contributed by atoms with E-state index < -0.39 is 24.1 Å². The maximum Gasteiger partial charge on any atom is 0.356 e. The lowest BCUT2D eigenvalue weighted by Gasteiger charge is -2.18.